The number of fused-ring (bicyclic) bond motifs is 1. The SMILES string of the molecule is CN(Cc1ccncn1)C(=O)C1C2C(=O)N(CCN3CCCCC3)C[C@]23C=C[C@H]1O3. The Morgan fingerprint density at radius 1 is 1.30 bits per heavy atom. The van der Waals surface area contributed by atoms with Crippen LogP contribution in [0.1, 0.15) is 25.0 Å². The molecule has 4 aliphatic rings. The molecular weight excluding hydrogens is 382 g/mol. The summed E-state index contributed by atoms with van der Waals surface area (Å²) in [5.41, 5.74) is 0.135. The zero-order chi connectivity index (χ0) is 20.7. The third-order valence-electron chi connectivity index (χ3n) is 7.02. The molecule has 1 aromatic heterocycles. The number of nitrogens with zero attached hydrogens (tertiary/aromatic N) is 5. The van der Waals surface area contributed by atoms with E-state index in [0.717, 1.165) is 25.3 Å². The minimum Gasteiger partial charge on any atom is -0.360 e. The number of hydrogen-bond donors (Lipinski definition) is 0. The topological polar surface area (TPSA) is 78.9 Å². The van der Waals surface area contributed by atoms with Crippen molar-refractivity contribution in [3.8, 4) is 0 Å². The second-order valence-electron chi connectivity index (χ2n) is 8.96. The molecule has 0 aliphatic carbocycles. The highest BCUT2D eigenvalue weighted by Gasteiger charge is 2.67. The van der Waals surface area contributed by atoms with Gasteiger partial charge in [-0.3, -0.25) is 9.59 Å². The van der Waals surface area contributed by atoms with Crippen LogP contribution in [0.25, 0.3) is 0 Å². The Morgan fingerprint density at radius 2 is 2.13 bits per heavy atom. The summed E-state index contributed by atoms with van der Waals surface area (Å²) in [5.74, 6) is -0.878. The second-order valence-corrected chi connectivity index (χ2v) is 8.96. The fourth-order valence-electron chi connectivity index (χ4n) is 5.48. The monoisotopic (exact) mass is 411 g/mol. The summed E-state index contributed by atoms with van der Waals surface area (Å²) in [6.07, 6.45) is 10.6. The molecule has 2 amide bonds. The number of amides is 2. The molecule has 3 fully saturated rings. The van der Waals surface area contributed by atoms with Gasteiger partial charge in [-0.2, -0.15) is 0 Å². The molecule has 5 heterocycles. The molecule has 0 aromatic carbocycles. The van der Waals surface area contributed by atoms with Gasteiger partial charge in [-0.25, -0.2) is 9.97 Å². The molecule has 3 saturated heterocycles. The van der Waals surface area contributed by atoms with Crippen molar-refractivity contribution in [2.24, 2.45) is 11.8 Å². The van der Waals surface area contributed by atoms with E-state index in [1.807, 2.05) is 17.1 Å². The number of hydrogen-bond acceptors (Lipinski definition) is 6. The van der Waals surface area contributed by atoms with E-state index in [0.29, 0.717) is 19.6 Å². The van der Waals surface area contributed by atoms with Crippen molar-refractivity contribution < 1.29 is 14.3 Å². The standard InChI is InChI=1S/C22H29N5O3/c1-25(13-16-6-8-23-15-24-16)20(28)18-17-5-7-22(30-17)14-27(21(29)19(18)22)12-11-26-9-3-2-4-10-26/h5-8,15,17-19H,2-4,9-14H2,1H3/t17-,18?,19?,22-/m1/s1. The van der Waals surface area contributed by atoms with Crippen molar-refractivity contribution >= 4 is 11.8 Å². The Morgan fingerprint density at radius 3 is 2.90 bits per heavy atom. The molecule has 0 N–H and O–H groups in total. The number of likely N-dealkylation sites (tertiary alicyclic amines) is 2. The fourth-order valence-corrected chi connectivity index (χ4v) is 5.48. The Kier molecular flexibility index (Phi) is 5.06. The van der Waals surface area contributed by atoms with Crippen molar-refractivity contribution in [1.29, 1.82) is 0 Å². The van der Waals surface area contributed by atoms with Gasteiger partial charge in [-0.05, 0) is 32.0 Å². The van der Waals surface area contributed by atoms with E-state index in [4.69, 9.17) is 4.74 Å². The first-order chi connectivity index (χ1) is 14.6. The maximum absolute atomic E-state index is 13.3. The minimum atomic E-state index is -0.639. The van der Waals surface area contributed by atoms with Gasteiger partial charge in [0.25, 0.3) is 0 Å². The summed E-state index contributed by atoms with van der Waals surface area (Å²) in [7, 11) is 1.76. The number of aromatic nitrogens is 2. The van der Waals surface area contributed by atoms with Crippen LogP contribution in [-0.2, 0) is 20.9 Å². The quantitative estimate of drug-likeness (QED) is 0.642. The van der Waals surface area contributed by atoms with Crippen molar-refractivity contribution in [3.05, 3.63) is 36.4 Å². The molecule has 30 heavy (non-hydrogen) atoms. The molecule has 160 valence electrons. The first kappa shape index (κ1) is 19.6. The first-order valence-corrected chi connectivity index (χ1v) is 11.0. The molecule has 1 aromatic rings. The van der Waals surface area contributed by atoms with Crippen molar-refractivity contribution in [1.82, 2.24) is 24.7 Å². The zero-order valence-electron chi connectivity index (χ0n) is 17.4. The van der Waals surface area contributed by atoms with E-state index in [9.17, 15) is 9.59 Å². The van der Waals surface area contributed by atoms with Crippen LogP contribution >= 0.6 is 0 Å². The van der Waals surface area contributed by atoms with E-state index in [2.05, 4.69) is 14.9 Å². The van der Waals surface area contributed by atoms with Gasteiger partial charge >= 0.3 is 0 Å². The molecule has 2 unspecified atom stereocenters. The normalized spacial score (nSPS) is 32.6. The molecule has 0 radical (unpaired) electrons. The van der Waals surface area contributed by atoms with Crippen LogP contribution in [0.15, 0.2) is 30.7 Å². The van der Waals surface area contributed by atoms with Gasteiger partial charge in [0.1, 0.15) is 11.9 Å². The van der Waals surface area contributed by atoms with Crippen LogP contribution in [0, 0.1) is 11.8 Å². The molecule has 8 nitrogen and oxygen atoms in total. The van der Waals surface area contributed by atoms with Crippen LogP contribution in [0.5, 0.6) is 0 Å². The lowest BCUT2D eigenvalue weighted by molar-refractivity contribution is -0.142. The van der Waals surface area contributed by atoms with Gasteiger partial charge in [-0.1, -0.05) is 18.6 Å². The summed E-state index contributed by atoms with van der Waals surface area (Å²) in [6, 6.07) is 1.80. The average Bonchev–Trinajstić information content (AvgIpc) is 3.41. The Hall–Kier alpha value is -2.32. The third-order valence-corrected chi connectivity index (χ3v) is 7.02. The molecule has 8 heteroatoms. The molecule has 4 aliphatic heterocycles. The molecule has 0 saturated carbocycles. The summed E-state index contributed by atoms with van der Waals surface area (Å²) in [5, 5.41) is 0. The van der Waals surface area contributed by atoms with Crippen LogP contribution in [0.2, 0.25) is 0 Å². The Bertz CT molecular complexity index is 840. The van der Waals surface area contributed by atoms with Gasteiger partial charge in [0, 0.05) is 26.3 Å². The van der Waals surface area contributed by atoms with Gasteiger partial charge in [-0.15, -0.1) is 0 Å². The van der Waals surface area contributed by atoms with E-state index in [-0.39, 0.29) is 17.9 Å². The number of carbonyl (C=O) groups is 2. The Labute approximate surface area is 176 Å². The molecule has 4 atom stereocenters. The predicted octanol–water partition coefficient (Wildman–Crippen LogP) is 0.703. The minimum absolute atomic E-state index is 0.0546. The highest BCUT2D eigenvalue weighted by atomic mass is 16.5. The van der Waals surface area contributed by atoms with Crippen LogP contribution < -0.4 is 0 Å². The number of rotatable bonds is 6. The van der Waals surface area contributed by atoms with E-state index in [1.54, 1.807) is 24.2 Å². The molecular formula is C22H29N5O3. The van der Waals surface area contributed by atoms with Crippen LogP contribution in [0.3, 0.4) is 0 Å². The van der Waals surface area contributed by atoms with Crippen LogP contribution in [0.4, 0.5) is 0 Å². The van der Waals surface area contributed by atoms with Gasteiger partial charge in [0.05, 0.1) is 36.7 Å². The lowest BCUT2D eigenvalue weighted by Gasteiger charge is -2.29. The lowest BCUT2D eigenvalue weighted by Crippen LogP contribution is -2.45. The second kappa shape index (κ2) is 7.74. The summed E-state index contributed by atoms with van der Waals surface area (Å²) in [4.78, 5) is 40.8. The van der Waals surface area contributed by atoms with Crippen LogP contribution in [-0.4, -0.2) is 88.0 Å². The highest BCUT2D eigenvalue weighted by molar-refractivity contribution is 5.93. The van der Waals surface area contributed by atoms with Gasteiger partial charge in [0.2, 0.25) is 11.8 Å². The summed E-state index contributed by atoms with van der Waals surface area (Å²) < 4.78 is 6.25. The summed E-state index contributed by atoms with van der Waals surface area (Å²) >= 11 is 0. The smallest absolute Gasteiger partial charge is 0.230 e. The maximum Gasteiger partial charge on any atom is 0.230 e. The average molecular weight is 412 g/mol. The fraction of sp³-hybridized carbons (Fsp3) is 0.636. The van der Waals surface area contributed by atoms with Gasteiger partial charge < -0.3 is 19.4 Å². The first-order valence-electron chi connectivity index (χ1n) is 11.0. The molecule has 2 bridgehead atoms. The maximum atomic E-state index is 13.3. The molecule has 5 rings (SSSR count). The van der Waals surface area contributed by atoms with E-state index < -0.39 is 17.4 Å². The van der Waals surface area contributed by atoms with Crippen molar-refractivity contribution in [3.63, 3.8) is 0 Å². The van der Waals surface area contributed by atoms with E-state index >= 15 is 0 Å². The molecule has 1 spiro atoms. The van der Waals surface area contributed by atoms with Crippen molar-refractivity contribution in [2.75, 3.05) is 39.8 Å². The highest BCUT2D eigenvalue weighted by Crippen LogP contribution is 2.52. The number of ether oxygens (including phenoxy) is 1. The third kappa shape index (κ3) is 3.32. The summed E-state index contributed by atoms with van der Waals surface area (Å²) in [6.45, 7) is 4.77. The van der Waals surface area contributed by atoms with E-state index in [1.165, 1.54) is 25.6 Å². The van der Waals surface area contributed by atoms with Crippen molar-refractivity contribution in [2.45, 2.75) is 37.5 Å². The Balaban J connectivity index is 1.28. The largest absolute Gasteiger partial charge is 0.360 e. The zero-order valence-corrected chi connectivity index (χ0v) is 17.4. The number of piperidine rings is 1. The number of carbonyl (C=O) groups excluding carboxylic acids is 2. The predicted molar refractivity (Wildman–Crippen MR) is 109 cm³/mol. The van der Waals surface area contributed by atoms with Gasteiger partial charge in [0.15, 0.2) is 0 Å². The lowest BCUT2D eigenvalue weighted by atomic mass is 9.76.